The number of nitrogens with one attached hydrogen (secondary N) is 1. The summed E-state index contributed by atoms with van der Waals surface area (Å²) in [6, 6.07) is 8.55. The summed E-state index contributed by atoms with van der Waals surface area (Å²) in [5, 5.41) is 15.2. The maximum Gasteiger partial charge on any atom is 0.315 e. The molecule has 0 aromatic heterocycles. The fourth-order valence-corrected chi connectivity index (χ4v) is 1.99. The molecule has 8 heteroatoms. The number of ether oxygens (including phenoxy) is 2. The van der Waals surface area contributed by atoms with Gasteiger partial charge in [0, 0.05) is 11.6 Å². The van der Waals surface area contributed by atoms with Gasteiger partial charge >= 0.3 is 5.69 Å². The molecule has 0 aliphatic carbocycles. The standard InChI is InChI=1S/C16H16FN3O4/c1-3-24-15-9-11(8-14(20(21)22)16(15)23-2)10-18-19-13-6-4-12(17)5-7-13/h4-10,19H,3H2,1-2H3/b18-10+. The fraction of sp³-hybridized carbons (Fsp3) is 0.188. The minimum Gasteiger partial charge on any atom is -0.490 e. The minimum atomic E-state index is -0.550. The van der Waals surface area contributed by atoms with E-state index in [-0.39, 0.29) is 23.0 Å². The Bertz CT molecular complexity index is 748. The number of rotatable bonds is 7. The van der Waals surface area contributed by atoms with E-state index in [0.29, 0.717) is 17.9 Å². The zero-order valence-electron chi connectivity index (χ0n) is 13.2. The second kappa shape index (κ2) is 7.91. The molecule has 0 saturated carbocycles. The number of hydrogen-bond donors (Lipinski definition) is 1. The van der Waals surface area contributed by atoms with Crippen LogP contribution in [-0.2, 0) is 0 Å². The van der Waals surface area contributed by atoms with Crippen molar-refractivity contribution >= 4 is 17.6 Å². The molecule has 0 atom stereocenters. The molecule has 0 radical (unpaired) electrons. The van der Waals surface area contributed by atoms with E-state index in [1.165, 1.54) is 43.7 Å². The quantitative estimate of drug-likeness (QED) is 0.475. The molecule has 0 saturated heterocycles. The van der Waals surface area contributed by atoms with Gasteiger partial charge in [-0.3, -0.25) is 15.5 Å². The van der Waals surface area contributed by atoms with Crippen molar-refractivity contribution < 1.29 is 18.8 Å². The van der Waals surface area contributed by atoms with E-state index in [4.69, 9.17) is 9.47 Å². The topological polar surface area (TPSA) is 86.0 Å². The second-order valence-corrected chi connectivity index (χ2v) is 4.64. The number of nitro groups is 1. The number of hydrogen-bond acceptors (Lipinski definition) is 6. The fourth-order valence-electron chi connectivity index (χ4n) is 1.99. The van der Waals surface area contributed by atoms with Crippen molar-refractivity contribution in [2.45, 2.75) is 6.92 Å². The summed E-state index contributed by atoms with van der Waals surface area (Å²) in [5.74, 6) is -0.0282. The number of anilines is 1. The van der Waals surface area contributed by atoms with Crippen LogP contribution < -0.4 is 14.9 Å². The third-order valence-electron chi connectivity index (χ3n) is 3.01. The Morgan fingerprint density at radius 2 is 2.04 bits per heavy atom. The molecule has 0 bridgehead atoms. The Morgan fingerprint density at radius 3 is 2.62 bits per heavy atom. The zero-order chi connectivity index (χ0) is 17.5. The molecule has 0 amide bonds. The van der Waals surface area contributed by atoms with Gasteiger partial charge in [0.25, 0.3) is 0 Å². The number of nitrogens with zero attached hydrogens (tertiary/aromatic N) is 2. The van der Waals surface area contributed by atoms with Crippen LogP contribution in [0.25, 0.3) is 0 Å². The molecule has 0 fully saturated rings. The van der Waals surface area contributed by atoms with Crippen molar-refractivity contribution in [3.63, 3.8) is 0 Å². The summed E-state index contributed by atoms with van der Waals surface area (Å²) in [6.45, 7) is 2.10. The van der Waals surface area contributed by atoms with Gasteiger partial charge < -0.3 is 9.47 Å². The van der Waals surface area contributed by atoms with Gasteiger partial charge in [-0.2, -0.15) is 5.10 Å². The number of benzene rings is 2. The summed E-state index contributed by atoms with van der Waals surface area (Å²) in [5.41, 5.74) is 3.54. The van der Waals surface area contributed by atoms with Gasteiger partial charge in [0.15, 0.2) is 5.75 Å². The number of nitro benzene ring substituents is 1. The molecule has 7 nitrogen and oxygen atoms in total. The summed E-state index contributed by atoms with van der Waals surface area (Å²) < 4.78 is 23.3. The molecular formula is C16H16FN3O4. The summed E-state index contributed by atoms with van der Waals surface area (Å²) in [6.07, 6.45) is 1.40. The van der Waals surface area contributed by atoms with Crippen LogP contribution in [0.2, 0.25) is 0 Å². The first-order valence-corrected chi connectivity index (χ1v) is 7.09. The van der Waals surface area contributed by atoms with Crippen LogP contribution in [0, 0.1) is 15.9 Å². The van der Waals surface area contributed by atoms with E-state index in [0.717, 1.165) is 0 Å². The van der Waals surface area contributed by atoms with Crippen LogP contribution in [0.4, 0.5) is 15.8 Å². The van der Waals surface area contributed by atoms with E-state index < -0.39 is 4.92 Å². The highest BCUT2D eigenvalue weighted by Crippen LogP contribution is 2.37. The first kappa shape index (κ1) is 17.2. The predicted octanol–water partition coefficient (Wildman–Crippen LogP) is 3.59. The maximum atomic E-state index is 12.8. The molecule has 126 valence electrons. The molecule has 0 unspecified atom stereocenters. The van der Waals surface area contributed by atoms with Crippen LogP contribution >= 0.6 is 0 Å². The lowest BCUT2D eigenvalue weighted by Crippen LogP contribution is -2.01. The Hall–Kier alpha value is -3.16. The van der Waals surface area contributed by atoms with E-state index >= 15 is 0 Å². The Labute approximate surface area is 137 Å². The maximum absolute atomic E-state index is 12.8. The lowest BCUT2D eigenvalue weighted by Gasteiger charge is -2.10. The Balaban J connectivity index is 2.27. The molecule has 24 heavy (non-hydrogen) atoms. The molecule has 2 aromatic carbocycles. The van der Waals surface area contributed by atoms with E-state index in [9.17, 15) is 14.5 Å². The first-order valence-electron chi connectivity index (χ1n) is 7.09. The van der Waals surface area contributed by atoms with Gasteiger partial charge in [-0.25, -0.2) is 4.39 Å². The third-order valence-corrected chi connectivity index (χ3v) is 3.01. The van der Waals surface area contributed by atoms with Gasteiger partial charge in [0.2, 0.25) is 5.75 Å². The van der Waals surface area contributed by atoms with Crippen LogP contribution in [-0.4, -0.2) is 24.9 Å². The third kappa shape index (κ3) is 4.19. The molecule has 0 spiro atoms. The van der Waals surface area contributed by atoms with Gasteiger partial charge in [0.05, 0.1) is 30.5 Å². The summed E-state index contributed by atoms with van der Waals surface area (Å²) in [4.78, 5) is 10.6. The van der Waals surface area contributed by atoms with Crippen LogP contribution in [0.3, 0.4) is 0 Å². The average Bonchev–Trinajstić information content (AvgIpc) is 2.56. The second-order valence-electron chi connectivity index (χ2n) is 4.64. The van der Waals surface area contributed by atoms with Crippen molar-refractivity contribution in [1.29, 1.82) is 0 Å². The first-order chi connectivity index (χ1) is 11.5. The molecule has 0 aliphatic rings. The van der Waals surface area contributed by atoms with Gasteiger partial charge in [-0.05, 0) is 37.3 Å². The highest BCUT2D eigenvalue weighted by Gasteiger charge is 2.21. The largest absolute Gasteiger partial charge is 0.490 e. The predicted molar refractivity (Wildman–Crippen MR) is 88.4 cm³/mol. The van der Waals surface area contributed by atoms with Crippen LogP contribution in [0.5, 0.6) is 11.5 Å². The van der Waals surface area contributed by atoms with Crippen molar-refractivity contribution in [3.8, 4) is 11.5 Å². The normalized spacial score (nSPS) is 10.6. The molecular weight excluding hydrogens is 317 g/mol. The molecule has 0 heterocycles. The van der Waals surface area contributed by atoms with Crippen LogP contribution in [0.1, 0.15) is 12.5 Å². The molecule has 2 rings (SSSR count). The SMILES string of the molecule is CCOc1cc(/C=N/Nc2ccc(F)cc2)cc([N+](=O)[O-])c1OC. The average molecular weight is 333 g/mol. The van der Waals surface area contributed by atoms with Gasteiger partial charge in [-0.15, -0.1) is 0 Å². The Kier molecular flexibility index (Phi) is 5.67. The highest BCUT2D eigenvalue weighted by molar-refractivity contribution is 5.83. The van der Waals surface area contributed by atoms with E-state index in [1.807, 2.05) is 0 Å². The van der Waals surface area contributed by atoms with Crippen molar-refractivity contribution in [1.82, 2.24) is 0 Å². The van der Waals surface area contributed by atoms with Crippen LogP contribution in [0.15, 0.2) is 41.5 Å². The summed E-state index contributed by atoms with van der Waals surface area (Å²) in [7, 11) is 1.34. The molecule has 2 aromatic rings. The number of hydrazone groups is 1. The summed E-state index contributed by atoms with van der Waals surface area (Å²) >= 11 is 0. The minimum absolute atomic E-state index is 0.0606. The van der Waals surface area contributed by atoms with Crippen molar-refractivity contribution in [2.24, 2.45) is 5.10 Å². The van der Waals surface area contributed by atoms with E-state index in [2.05, 4.69) is 10.5 Å². The Morgan fingerprint density at radius 1 is 1.33 bits per heavy atom. The monoisotopic (exact) mass is 333 g/mol. The van der Waals surface area contributed by atoms with Crippen molar-refractivity contribution in [2.75, 3.05) is 19.1 Å². The number of halogens is 1. The van der Waals surface area contributed by atoms with Gasteiger partial charge in [0.1, 0.15) is 5.82 Å². The lowest BCUT2D eigenvalue weighted by molar-refractivity contribution is -0.385. The van der Waals surface area contributed by atoms with Gasteiger partial charge in [-0.1, -0.05) is 0 Å². The number of methoxy groups -OCH3 is 1. The van der Waals surface area contributed by atoms with Crippen molar-refractivity contribution in [3.05, 3.63) is 57.9 Å². The smallest absolute Gasteiger partial charge is 0.315 e. The van der Waals surface area contributed by atoms with E-state index in [1.54, 1.807) is 13.0 Å². The zero-order valence-corrected chi connectivity index (χ0v) is 13.2. The molecule has 0 aliphatic heterocycles. The molecule has 1 N–H and O–H groups in total. The highest BCUT2D eigenvalue weighted by atomic mass is 19.1. The lowest BCUT2D eigenvalue weighted by atomic mass is 10.2.